The molecule has 6 nitrogen and oxygen atoms in total. The van der Waals surface area contributed by atoms with Crippen molar-refractivity contribution in [1.29, 1.82) is 0 Å². The summed E-state index contributed by atoms with van der Waals surface area (Å²) >= 11 is 1.74. The molecule has 0 radical (unpaired) electrons. The van der Waals surface area contributed by atoms with Crippen LogP contribution in [0.5, 0.6) is 0 Å². The number of hydrogen-bond acceptors (Lipinski definition) is 7. The van der Waals surface area contributed by atoms with E-state index >= 15 is 0 Å². The fourth-order valence-electron chi connectivity index (χ4n) is 6.91. The van der Waals surface area contributed by atoms with E-state index in [1.54, 1.807) is 24.0 Å². The zero-order valence-corrected chi connectivity index (χ0v) is 28.6. The third-order valence-corrected chi connectivity index (χ3v) is 10.7. The maximum Gasteiger partial charge on any atom is 0.125 e. The summed E-state index contributed by atoms with van der Waals surface area (Å²) in [6, 6.07) is 51.6. The Kier molecular flexibility index (Phi) is 7.22. The molecule has 0 aliphatic carbocycles. The molecule has 0 amide bonds. The molecule has 0 saturated carbocycles. The smallest absolute Gasteiger partial charge is 0.125 e. The molecule has 0 aliphatic heterocycles. The summed E-state index contributed by atoms with van der Waals surface area (Å²) in [5.74, 6) is 0. The summed E-state index contributed by atoms with van der Waals surface area (Å²) in [6.07, 6.45) is 6.87. The first kappa shape index (κ1) is 30.0. The van der Waals surface area contributed by atoms with E-state index in [-0.39, 0.29) is 0 Å². The van der Waals surface area contributed by atoms with Gasteiger partial charge in [0, 0.05) is 61.3 Å². The van der Waals surface area contributed by atoms with Gasteiger partial charge >= 0.3 is 0 Å². The van der Waals surface area contributed by atoms with E-state index < -0.39 is 0 Å². The molecule has 10 aromatic rings. The Hall–Kier alpha value is -6.83. The standard InChI is InChI=1S/C45H28N6S/c1-2-4-44-39(3-1)40-21-22-41(50-45(40)52-44)31-13-19-38(20-14-31)51(36-15-9-29(10-16-36)32-5-7-34-25-46-27-48-42(34)23-32)37-17-11-30(12-18-37)33-6-8-35-26-47-28-49-43(35)24-33/h1-28H. The zero-order valence-electron chi connectivity index (χ0n) is 27.8. The van der Waals surface area contributed by atoms with Crippen LogP contribution in [0.4, 0.5) is 17.1 Å². The quantitative estimate of drug-likeness (QED) is 0.174. The minimum Gasteiger partial charge on any atom is -0.311 e. The second kappa shape index (κ2) is 12.5. The third-order valence-electron chi connectivity index (χ3n) is 9.60. The Labute approximate surface area is 303 Å². The molecule has 244 valence electrons. The van der Waals surface area contributed by atoms with Crippen molar-refractivity contribution in [3.63, 3.8) is 0 Å². The van der Waals surface area contributed by atoms with Crippen molar-refractivity contribution >= 4 is 70.5 Å². The molecule has 10 rings (SSSR count). The van der Waals surface area contributed by atoms with E-state index in [0.717, 1.165) is 77.2 Å². The molecule has 0 saturated heterocycles. The maximum absolute atomic E-state index is 5.08. The Bertz CT molecular complexity index is 2780. The van der Waals surface area contributed by atoms with Gasteiger partial charge in [0.2, 0.25) is 0 Å². The summed E-state index contributed by atoms with van der Waals surface area (Å²) in [6.45, 7) is 0. The van der Waals surface area contributed by atoms with Crippen molar-refractivity contribution in [2.45, 2.75) is 0 Å². The normalized spacial score (nSPS) is 11.5. The van der Waals surface area contributed by atoms with Gasteiger partial charge in [0.1, 0.15) is 17.5 Å². The molecule has 0 spiro atoms. The number of fused-ring (bicyclic) bond motifs is 5. The lowest BCUT2D eigenvalue weighted by atomic mass is 10.0. The molecule has 0 atom stereocenters. The molecule has 0 bridgehead atoms. The number of rotatable bonds is 6. The van der Waals surface area contributed by atoms with E-state index in [1.807, 2.05) is 12.4 Å². The van der Waals surface area contributed by atoms with Crippen LogP contribution in [-0.2, 0) is 0 Å². The molecule has 4 aromatic heterocycles. The SMILES string of the molecule is c1ccc2c(c1)sc1nc(-c3ccc(N(c4ccc(-c5ccc6cncnc6c5)cc4)c4ccc(-c5ccc6cncnc6c5)cc4)cc3)ccc12. The van der Waals surface area contributed by atoms with Crippen LogP contribution >= 0.6 is 11.3 Å². The van der Waals surface area contributed by atoms with Crippen molar-refractivity contribution in [2.75, 3.05) is 4.90 Å². The van der Waals surface area contributed by atoms with Gasteiger partial charge in [-0.1, -0.05) is 78.9 Å². The van der Waals surface area contributed by atoms with Crippen LogP contribution in [0.15, 0.2) is 171 Å². The van der Waals surface area contributed by atoms with Gasteiger partial charge in [-0.15, -0.1) is 11.3 Å². The fraction of sp³-hybridized carbons (Fsp3) is 0. The average molecular weight is 685 g/mol. The zero-order chi connectivity index (χ0) is 34.4. The van der Waals surface area contributed by atoms with Crippen LogP contribution in [0, 0.1) is 0 Å². The number of pyridine rings is 1. The molecule has 0 N–H and O–H groups in total. The minimum absolute atomic E-state index is 0.929. The summed E-state index contributed by atoms with van der Waals surface area (Å²) in [7, 11) is 0. The maximum atomic E-state index is 5.08. The van der Waals surface area contributed by atoms with E-state index in [1.165, 1.54) is 15.5 Å². The van der Waals surface area contributed by atoms with Crippen molar-refractivity contribution in [2.24, 2.45) is 0 Å². The van der Waals surface area contributed by atoms with Crippen molar-refractivity contribution in [3.05, 3.63) is 171 Å². The molecule has 0 unspecified atom stereocenters. The van der Waals surface area contributed by atoms with Gasteiger partial charge in [-0.2, -0.15) is 0 Å². The van der Waals surface area contributed by atoms with Crippen molar-refractivity contribution in [1.82, 2.24) is 24.9 Å². The Morgan fingerprint density at radius 2 is 0.962 bits per heavy atom. The summed E-state index contributed by atoms with van der Waals surface area (Å²) < 4.78 is 1.26. The molecule has 0 aliphatic rings. The van der Waals surface area contributed by atoms with Crippen LogP contribution in [0.25, 0.3) is 75.6 Å². The largest absolute Gasteiger partial charge is 0.311 e. The van der Waals surface area contributed by atoms with Gasteiger partial charge in [-0.25, -0.2) is 24.9 Å². The van der Waals surface area contributed by atoms with E-state index in [4.69, 9.17) is 4.98 Å². The van der Waals surface area contributed by atoms with Gasteiger partial charge in [-0.05, 0) is 89.0 Å². The monoisotopic (exact) mass is 684 g/mol. The molecule has 4 heterocycles. The number of anilines is 3. The molecule has 0 fully saturated rings. The second-order valence-corrected chi connectivity index (χ2v) is 13.7. The van der Waals surface area contributed by atoms with E-state index in [2.05, 4.69) is 170 Å². The van der Waals surface area contributed by atoms with Crippen LogP contribution in [0.1, 0.15) is 0 Å². The molecular formula is C45H28N6S. The first-order valence-electron chi connectivity index (χ1n) is 17.0. The van der Waals surface area contributed by atoms with Gasteiger partial charge in [0.25, 0.3) is 0 Å². The van der Waals surface area contributed by atoms with Gasteiger partial charge in [0.05, 0.1) is 16.7 Å². The van der Waals surface area contributed by atoms with Crippen LogP contribution in [0.3, 0.4) is 0 Å². The summed E-state index contributed by atoms with van der Waals surface area (Å²) in [5, 5.41) is 4.51. The Morgan fingerprint density at radius 1 is 0.442 bits per heavy atom. The molecule has 6 aromatic carbocycles. The molecule has 7 heteroatoms. The van der Waals surface area contributed by atoms with E-state index in [0.29, 0.717) is 0 Å². The van der Waals surface area contributed by atoms with Crippen LogP contribution in [-0.4, -0.2) is 24.9 Å². The van der Waals surface area contributed by atoms with E-state index in [9.17, 15) is 0 Å². The van der Waals surface area contributed by atoms with Crippen LogP contribution in [0.2, 0.25) is 0 Å². The highest BCUT2D eigenvalue weighted by Crippen LogP contribution is 2.39. The summed E-state index contributed by atoms with van der Waals surface area (Å²) in [5.41, 5.74) is 11.5. The highest BCUT2D eigenvalue weighted by atomic mass is 32.1. The number of hydrogen-bond donors (Lipinski definition) is 0. The lowest BCUT2D eigenvalue weighted by Crippen LogP contribution is -2.09. The highest BCUT2D eigenvalue weighted by molar-refractivity contribution is 7.25. The van der Waals surface area contributed by atoms with Crippen molar-refractivity contribution < 1.29 is 0 Å². The minimum atomic E-state index is 0.929. The second-order valence-electron chi connectivity index (χ2n) is 12.7. The molecular weight excluding hydrogens is 657 g/mol. The summed E-state index contributed by atoms with van der Waals surface area (Å²) in [4.78, 5) is 25.7. The number of benzene rings is 6. The lowest BCUT2D eigenvalue weighted by Gasteiger charge is -2.26. The molecule has 52 heavy (non-hydrogen) atoms. The number of nitrogens with zero attached hydrogens (tertiary/aromatic N) is 6. The number of thiophene rings is 1. The third kappa shape index (κ3) is 5.41. The topological polar surface area (TPSA) is 67.7 Å². The predicted octanol–water partition coefficient (Wildman–Crippen LogP) is 11.8. The van der Waals surface area contributed by atoms with Gasteiger partial charge in [0.15, 0.2) is 0 Å². The first-order chi connectivity index (χ1) is 25.7. The number of aromatic nitrogens is 5. The van der Waals surface area contributed by atoms with Gasteiger partial charge in [-0.3, -0.25) is 0 Å². The fourth-order valence-corrected chi connectivity index (χ4v) is 7.98. The lowest BCUT2D eigenvalue weighted by molar-refractivity contribution is 1.22. The average Bonchev–Trinajstić information content (AvgIpc) is 3.59. The van der Waals surface area contributed by atoms with Crippen molar-refractivity contribution in [3.8, 4) is 33.5 Å². The van der Waals surface area contributed by atoms with Gasteiger partial charge < -0.3 is 4.90 Å². The van der Waals surface area contributed by atoms with Crippen LogP contribution < -0.4 is 4.90 Å². The highest BCUT2D eigenvalue weighted by Gasteiger charge is 2.15. The Morgan fingerprint density at radius 3 is 1.54 bits per heavy atom. The Balaban J connectivity index is 1.02. The first-order valence-corrected chi connectivity index (χ1v) is 17.8. The predicted molar refractivity (Wildman–Crippen MR) is 214 cm³/mol.